The monoisotopic (exact) mass is 438 g/mol. The number of nitrogens with one attached hydrogen (secondary N) is 2. The number of aliphatic imine (C=N–C) groups is 1. The van der Waals surface area contributed by atoms with Gasteiger partial charge in [-0.2, -0.15) is 0 Å². The molecule has 0 aromatic carbocycles. The normalized spacial score (nSPS) is 29.2. The fraction of sp³-hybridized carbons (Fsp3) is 0.941. The average Bonchev–Trinajstić information content (AvgIpc) is 2.98. The Bertz CT molecular complexity index is 345. The molecule has 1 unspecified atom stereocenters. The van der Waals surface area contributed by atoms with Crippen LogP contribution in [0.15, 0.2) is 4.99 Å². The molecule has 0 radical (unpaired) electrons. The van der Waals surface area contributed by atoms with Crippen LogP contribution in [0.1, 0.15) is 45.4 Å². The maximum Gasteiger partial charge on any atom is 0.191 e. The van der Waals surface area contributed by atoms with Crippen LogP contribution in [0.4, 0.5) is 0 Å². The lowest BCUT2D eigenvalue weighted by Crippen LogP contribution is -2.48. The topological polar surface area (TPSA) is 48.9 Å². The lowest BCUT2D eigenvalue weighted by molar-refractivity contribution is 0.141. The van der Waals surface area contributed by atoms with Gasteiger partial charge in [-0.15, -0.1) is 24.0 Å². The molecule has 1 heterocycles. The van der Waals surface area contributed by atoms with Crippen molar-refractivity contribution in [1.82, 2.24) is 15.5 Å². The van der Waals surface area contributed by atoms with Crippen LogP contribution in [0.5, 0.6) is 0 Å². The van der Waals surface area contributed by atoms with Gasteiger partial charge in [0.15, 0.2) is 5.96 Å². The zero-order valence-corrected chi connectivity index (χ0v) is 17.3. The molecule has 1 saturated carbocycles. The molecule has 5 nitrogen and oxygen atoms in total. The first kappa shape index (κ1) is 21.0. The van der Waals surface area contributed by atoms with E-state index in [2.05, 4.69) is 27.4 Å². The highest BCUT2D eigenvalue weighted by Gasteiger charge is 2.24. The van der Waals surface area contributed by atoms with Crippen LogP contribution in [-0.4, -0.2) is 63.3 Å². The Hall–Kier alpha value is -0.0800. The van der Waals surface area contributed by atoms with Gasteiger partial charge in [0.05, 0.1) is 6.61 Å². The first-order chi connectivity index (χ1) is 10.7. The van der Waals surface area contributed by atoms with E-state index >= 15 is 0 Å². The lowest BCUT2D eigenvalue weighted by Gasteiger charge is -2.29. The molecule has 2 rings (SSSR count). The molecule has 23 heavy (non-hydrogen) atoms. The van der Waals surface area contributed by atoms with Gasteiger partial charge in [0, 0.05) is 39.3 Å². The largest absolute Gasteiger partial charge is 0.383 e. The smallest absolute Gasteiger partial charge is 0.191 e. The van der Waals surface area contributed by atoms with Crippen molar-refractivity contribution in [3.63, 3.8) is 0 Å². The first-order valence-corrected chi connectivity index (χ1v) is 8.93. The van der Waals surface area contributed by atoms with Crippen molar-refractivity contribution >= 4 is 29.9 Å². The second kappa shape index (κ2) is 11.5. The molecule has 1 saturated heterocycles. The summed E-state index contributed by atoms with van der Waals surface area (Å²) in [6.07, 6.45) is 7.78. The van der Waals surface area contributed by atoms with Gasteiger partial charge >= 0.3 is 0 Å². The number of ether oxygens (including phenoxy) is 1. The number of likely N-dealkylation sites (tertiary alicyclic amines) is 1. The summed E-state index contributed by atoms with van der Waals surface area (Å²) in [6.45, 7) is 6.39. The summed E-state index contributed by atoms with van der Waals surface area (Å²) in [5, 5.41) is 7.14. The minimum absolute atomic E-state index is 0. The van der Waals surface area contributed by atoms with Crippen LogP contribution < -0.4 is 10.6 Å². The van der Waals surface area contributed by atoms with Crippen LogP contribution in [0, 0.1) is 5.92 Å². The molecule has 1 aliphatic heterocycles. The Labute approximate surface area is 159 Å². The van der Waals surface area contributed by atoms with E-state index in [0.29, 0.717) is 12.1 Å². The summed E-state index contributed by atoms with van der Waals surface area (Å²) in [7, 11) is 3.65. The van der Waals surface area contributed by atoms with Gasteiger partial charge in [-0.25, -0.2) is 0 Å². The molecular weight excluding hydrogens is 403 g/mol. The predicted molar refractivity (Wildman–Crippen MR) is 108 cm³/mol. The number of rotatable bonds is 6. The molecular formula is C17H35IN4O. The SMILES string of the molecule is CN=C(NCC1CCCN1CCOC)NC1CCC(C)CC1.I. The fourth-order valence-electron chi connectivity index (χ4n) is 3.64. The van der Waals surface area contributed by atoms with Crippen LogP contribution in [0.25, 0.3) is 0 Å². The van der Waals surface area contributed by atoms with Crippen molar-refractivity contribution in [2.45, 2.75) is 57.5 Å². The molecule has 136 valence electrons. The molecule has 2 N–H and O–H groups in total. The van der Waals surface area contributed by atoms with Crippen molar-refractivity contribution < 1.29 is 4.74 Å². The highest BCUT2D eigenvalue weighted by atomic mass is 127. The van der Waals surface area contributed by atoms with Gasteiger partial charge in [-0.3, -0.25) is 9.89 Å². The maximum atomic E-state index is 5.21. The number of hydrogen-bond donors (Lipinski definition) is 2. The predicted octanol–water partition coefficient (Wildman–Crippen LogP) is 2.46. The number of guanidine groups is 1. The second-order valence-electron chi connectivity index (χ2n) is 6.88. The van der Waals surface area contributed by atoms with Gasteiger partial charge in [-0.1, -0.05) is 6.92 Å². The fourth-order valence-corrected chi connectivity index (χ4v) is 3.64. The number of hydrogen-bond acceptors (Lipinski definition) is 3. The van der Waals surface area contributed by atoms with Gasteiger partial charge < -0.3 is 15.4 Å². The molecule has 2 aliphatic rings. The Morgan fingerprint density at radius 2 is 1.96 bits per heavy atom. The van der Waals surface area contributed by atoms with Crippen molar-refractivity contribution in [2.24, 2.45) is 10.9 Å². The standard InChI is InChI=1S/C17H34N4O.HI/c1-14-6-8-15(9-7-14)20-17(18-2)19-13-16-5-4-10-21(16)11-12-22-3;/h14-16H,4-13H2,1-3H3,(H2,18,19,20);1H. The van der Waals surface area contributed by atoms with Crippen LogP contribution in [-0.2, 0) is 4.74 Å². The van der Waals surface area contributed by atoms with Gasteiger partial charge in [0.2, 0.25) is 0 Å². The summed E-state index contributed by atoms with van der Waals surface area (Å²) >= 11 is 0. The summed E-state index contributed by atoms with van der Waals surface area (Å²) < 4.78 is 5.21. The van der Waals surface area contributed by atoms with Crippen molar-refractivity contribution in [3.8, 4) is 0 Å². The maximum absolute atomic E-state index is 5.21. The summed E-state index contributed by atoms with van der Waals surface area (Å²) in [5.74, 6) is 1.86. The highest BCUT2D eigenvalue weighted by molar-refractivity contribution is 14.0. The van der Waals surface area contributed by atoms with Crippen LogP contribution >= 0.6 is 24.0 Å². The third kappa shape index (κ3) is 7.13. The third-order valence-electron chi connectivity index (χ3n) is 5.17. The zero-order valence-electron chi connectivity index (χ0n) is 15.0. The summed E-state index contributed by atoms with van der Waals surface area (Å²) in [6, 6.07) is 1.20. The number of nitrogens with zero attached hydrogens (tertiary/aromatic N) is 2. The van der Waals surface area contributed by atoms with E-state index in [0.717, 1.165) is 31.6 Å². The van der Waals surface area contributed by atoms with Gasteiger partial charge in [0.1, 0.15) is 0 Å². The molecule has 1 aliphatic carbocycles. The quantitative estimate of drug-likeness (QED) is 0.380. The van der Waals surface area contributed by atoms with Crippen LogP contribution in [0.2, 0.25) is 0 Å². The average molecular weight is 438 g/mol. The Balaban J connectivity index is 0.00000264. The molecule has 2 fully saturated rings. The lowest BCUT2D eigenvalue weighted by atomic mass is 9.87. The van der Waals surface area contributed by atoms with E-state index in [1.165, 1.54) is 45.1 Å². The Morgan fingerprint density at radius 3 is 2.61 bits per heavy atom. The molecule has 6 heteroatoms. The van der Waals surface area contributed by atoms with Gasteiger partial charge in [0.25, 0.3) is 0 Å². The van der Waals surface area contributed by atoms with Crippen molar-refractivity contribution in [1.29, 1.82) is 0 Å². The number of halogens is 1. The Morgan fingerprint density at radius 1 is 1.22 bits per heavy atom. The minimum atomic E-state index is 0. The molecule has 1 atom stereocenters. The van der Waals surface area contributed by atoms with Gasteiger partial charge in [-0.05, 0) is 51.0 Å². The van der Waals surface area contributed by atoms with E-state index in [4.69, 9.17) is 4.74 Å². The van der Waals surface area contributed by atoms with E-state index in [1.807, 2.05) is 7.05 Å². The highest BCUT2D eigenvalue weighted by Crippen LogP contribution is 2.23. The minimum Gasteiger partial charge on any atom is -0.383 e. The zero-order chi connectivity index (χ0) is 15.8. The summed E-state index contributed by atoms with van der Waals surface area (Å²) in [5.41, 5.74) is 0. The van der Waals surface area contributed by atoms with Crippen molar-refractivity contribution in [3.05, 3.63) is 0 Å². The molecule has 0 aromatic heterocycles. The van der Waals surface area contributed by atoms with E-state index in [1.54, 1.807) is 7.11 Å². The van der Waals surface area contributed by atoms with E-state index in [-0.39, 0.29) is 24.0 Å². The second-order valence-corrected chi connectivity index (χ2v) is 6.88. The number of methoxy groups -OCH3 is 1. The van der Waals surface area contributed by atoms with E-state index < -0.39 is 0 Å². The Kier molecular flexibility index (Phi) is 10.5. The molecule has 0 aromatic rings. The molecule has 0 bridgehead atoms. The first-order valence-electron chi connectivity index (χ1n) is 8.93. The van der Waals surface area contributed by atoms with Crippen LogP contribution in [0.3, 0.4) is 0 Å². The van der Waals surface area contributed by atoms with Crippen molar-refractivity contribution in [2.75, 3.05) is 40.4 Å². The summed E-state index contributed by atoms with van der Waals surface area (Å²) in [4.78, 5) is 6.93. The van der Waals surface area contributed by atoms with E-state index in [9.17, 15) is 0 Å². The third-order valence-corrected chi connectivity index (χ3v) is 5.17. The molecule has 0 spiro atoms. The molecule has 0 amide bonds.